The minimum absolute atomic E-state index is 0.142. The zero-order valence-electron chi connectivity index (χ0n) is 18.5. The summed E-state index contributed by atoms with van der Waals surface area (Å²) in [6.07, 6.45) is 5.62. The van der Waals surface area contributed by atoms with Crippen molar-refractivity contribution in [2.45, 2.75) is 50.5 Å². The lowest BCUT2D eigenvalue weighted by molar-refractivity contribution is -0.0795. The first-order chi connectivity index (χ1) is 15.6. The van der Waals surface area contributed by atoms with Crippen LogP contribution in [-0.2, 0) is 11.8 Å². The topological polar surface area (TPSA) is 28.4 Å². The standard InChI is InChI=1S/C27H30ClFN2O/c1-2-3-18-12-17-14-27(16-32)25(18)30(15-17)11-10-22-23-13-19(28)4-9-24(23)31(26(22)27)21-7-5-20(29)6-8-21/h4-9,13,17-18,25,32H,2-3,10-12,14-16H2,1H3. The Hall–Kier alpha value is -1.88. The average Bonchev–Trinajstić information content (AvgIpc) is 3.07. The highest BCUT2D eigenvalue weighted by atomic mass is 35.5. The normalized spacial score (nSPS) is 31.0. The molecule has 0 radical (unpaired) electrons. The summed E-state index contributed by atoms with van der Waals surface area (Å²) in [6, 6.07) is 13.2. The number of aliphatic hydroxyl groups excluding tert-OH is 1. The number of benzene rings is 2. The molecule has 32 heavy (non-hydrogen) atoms. The molecule has 2 saturated heterocycles. The summed E-state index contributed by atoms with van der Waals surface area (Å²) in [7, 11) is 0. The van der Waals surface area contributed by atoms with Gasteiger partial charge in [-0.3, -0.25) is 4.90 Å². The lowest BCUT2D eigenvalue weighted by Gasteiger charge is -2.59. The highest BCUT2D eigenvalue weighted by Gasteiger charge is 2.58. The summed E-state index contributed by atoms with van der Waals surface area (Å²) in [4.78, 5) is 2.68. The van der Waals surface area contributed by atoms with Crippen LogP contribution >= 0.6 is 11.6 Å². The third kappa shape index (κ3) is 2.85. The van der Waals surface area contributed by atoms with Crippen LogP contribution in [0.3, 0.4) is 0 Å². The van der Waals surface area contributed by atoms with Gasteiger partial charge in [0.2, 0.25) is 0 Å². The monoisotopic (exact) mass is 452 g/mol. The predicted octanol–water partition coefficient (Wildman–Crippen LogP) is 5.72. The lowest BCUT2D eigenvalue weighted by Crippen LogP contribution is -2.66. The van der Waals surface area contributed by atoms with Gasteiger partial charge >= 0.3 is 0 Å². The van der Waals surface area contributed by atoms with E-state index in [2.05, 4.69) is 28.5 Å². The van der Waals surface area contributed by atoms with Crippen molar-refractivity contribution >= 4 is 22.5 Å². The maximum absolute atomic E-state index is 13.8. The van der Waals surface area contributed by atoms with Gasteiger partial charge in [0.05, 0.1) is 17.5 Å². The van der Waals surface area contributed by atoms with Gasteiger partial charge in [0.15, 0.2) is 0 Å². The second-order valence-corrected chi connectivity index (χ2v) is 10.6. The molecular formula is C27H30ClFN2O. The van der Waals surface area contributed by atoms with Crippen molar-refractivity contribution in [3.8, 4) is 5.69 Å². The number of fused-ring (bicyclic) bond motifs is 4. The summed E-state index contributed by atoms with van der Waals surface area (Å²) >= 11 is 6.47. The van der Waals surface area contributed by atoms with E-state index >= 15 is 0 Å². The lowest BCUT2D eigenvalue weighted by atomic mass is 9.56. The summed E-state index contributed by atoms with van der Waals surface area (Å²) in [5.41, 5.74) is 4.29. The van der Waals surface area contributed by atoms with Gasteiger partial charge in [-0.25, -0.2) is 4.39 Å². The summed E-state index contributed by atoms with van der Waals surface area (Å²) in [5.74, 6) is 0.980. The second-order valence-electron chi connectivity index (χ2n) is 10.2. The van der Waals surface area contributed by atoms with Gasteiger partial charge in [-0.15, -0.1) is 0 Å². The summed E-state index contributed by atoms with van der Waals surface area (Å²) < 4.78 is 16.1. The molecule has 4 aliphatic rings. The highest BCUT2D eigenvalue weighted by Crippen LogP contribution is 2.56. The maximum atomic E-state index is 13.8. The fourth-order valence-electron chi connectivity index (χ4n) is 7.52. The molecule has 1 aliphatic carbocycles. The van der Waals surface area contributed by atoms with Crippen molar-refractivity contribution in [1.29, 1.82) is 0 Å². The van der Waals surface area contributed by atoms with Crippen LogP contribution in [0.25, 0.3) is 16.6 Å². The van der Waals surface area contributed by atoms with Gasteiger partial charge < -0.3 is 9.67 Å². The van der Waals surface area contributed by atoms with Gasteiger partial charge in [-0.1, -0.05) is 24.9 Å². The van der Waals surface area contributed by atoms with E-state index in [-0.39, 0.29) is 17.8 Å². The Balaban J connectivity index is 1.68. The summed E-state index contributed by atoms with van der Waals surface area (Å²) in [5, 5.41) is 13.0. The van der Waals surface area contributed by atoms with E-state index in [0.717, 1.165) is 42.2 Å². The highest BCUT2D eigenvalue weighted by molar-refractivity contribution is 6.31. The molecule has 168 valence electrons. The quantitative estimate of drug-likeness (QED) is 0.548. The van der Waals surface area contributed by atoms with Crippen LogP contribution < -0.4 is 0 Å². The smallest absolute Gasteiger partial charge is 0.123 e. The second kappa shape index (κ2) is 7.58. The van der Waals surface area contributed by atoms with Gasteiger partial charge in [-0.05, 0) is 85.5 Å². The maximum Gasteiger partial charge on any atom is 0.123 e. The van der Waals surface area contributed by atoms with Crippen LogP contribution in [0.5, 0.6) is 0 Å². The van der Waals surface area contributed by atoms with Crippen LogP contribution in [0, 0.1) is 17.7 Å². The van der Waals surface area contributed by atoms with Crippen molar-refractivity contribution in [3.05, 3.63) is 64.6 Å². The fraction of sp³-hybridized carbons (Fsp3) is 0.481. The number of piperidine rings is 2. The fourth-order valence-corrected chi connectivity index (χ4v) is 7.70. The van der Waals surface area contributed by atoms with E-state index in [1.807, 2.05) is 18.2 Å². The molecule has 4 heterocycles. The number of nitrogens with zero attached hydrogens (tertiary/aromatic N) is 2. The number of aliphatic hydroxyl groups is 1. The average molecular weight is 453 g/mol. The molecule has 3 fully saturated rings. The first-order valence-electron chi connectivity index (χ1n) is 12.0. The third-order valence-electron chi connectivity index (χ3n) is 8.37. The minimum Gasteiger partial charge on any atom is -0.395 e. The first kappa shape index (κ1) is 20.7. The molecule has 3 nitrogen and oxygen atoms in total. The van der Waals surface area contributed by atoms with Crippen LogP contribution in [0.15, 0.2) is 42.5 Å². The van der Waals surface area contributed by atoms with E-state index in [4.69, 9.17) is 11.6 Å². The third-order valence-corrected chi connectivity index (χ3v) is 8.60. The minimum atomic E-state index is -0.313. The Kier molecular flexibility index (Phi) is 4.90. The van der Waals surface area contributed by atoms with Gasteiger partial charge in [0.25, 0.3) is 0 Å². The molecule has 0 spiro atoms. The van der Waals surface area contributed by atoms with Crippen molar-refractivity contribution in [1.82, 2.24) is 9.47 Å². The molecule has 5 heteroatoms. The van der Waals surface area contributed by atoms with Gasteiger partial charge in [0.1, 0.15) is 5.82 Å². The number of hydrogen-bond donors (Lipinski definition) is 1. The van der Waals surface area contributed by atoms with Crippen molar-refractivity contribution in [2.75, 3.05) is 19.7 Å². The van der Waals surface area contributed by atoms with E-state index in [0.29, 0.717) is 17.9 Å². The Morgan fingerprint density at radius 2 is 2.00 bits per heavy atom. The largest absolute Gasteiger partial charge is 0.395 e. The Labute approximate surface area is 193 Å². The predicted molar refractivity (Wildman–Crippen MR) is 127 cm³/mol. The zero-order chi connectivity index (χ0) is 22.0. The molecule has 2 aromatic carbocycles. The Morgan fingerprint density at radius 3 is 2.75 bits per heavy atom. The Morgan fingerprint density at radius 1 is 1.19 bits per heavy atom. The molecule has 3 aromatic rings. The van der Waals surface area contributed by atoms with Crippen LogP contribution in [0.1, 0.15) is 43.9 Å². The van der Waals surface area contributed by atoms with Gasteiger partial charge in [0, 0.05) is 40.9 Å². The van der Waals surface area contributed by atoms with E-state index in [9.17, 15) is 9.50 Å². The van der Waals surface area contributed by atoms with Crippen LogP contribution in [-0.4, -0.2) is 40.3 Å². The Bertz CT molecular complexity index is 1170. The number of hydrogen-bond acceptors (Lipinski definition) is 2. The van der Waals surface area contributed by atoms with Crippen LogP contribution in [0.4, 0.5) is 4.39 Å². The molecule has 1 saturated carbocycles. The SMILES string of the molecule is CCCC1CC2CN3CCc4c(n(-c5ccc(F)cc5)c5ccc(Cl)cc45)C(CO)(C2)C13. The number of rotatable bonds is 4. The number of halogens is 2. The van der Waals surface area contributed by atoms with Gasteiger partial charge in [-0.2, -0.15) is 0 Å². The van der Waals surface area contributed by atoms with E-state index < -0.39 is 0 Å². The number of aromatic nitrogens is 1. The van der Waals surface area contributed by atoms with E-state index in [1.165, 1.54) is 48.0 Å². The molecule has 0 amide bonds. The molecule has 1 N–H and O–H groups in total. The molecule has 4 bridgehead atoms. The first-order valence-corrected chi connectivity index (χ1v) is 12.4. The van der Waals surface area contributed by atoms with Crippen molar-refractivity contribution in [3.63, 3.8) is 0 Å². The zero-order valence-corrected chi connectivity index (χ0v) is 19.3. The molecular weight excluding hydrogens is 423 g/mol. The molecule has 5 atom stereocenters. The molecule has 5 unspecified atom stereocenters. The van der Waals surface area contributed by atoms with Crippen molar-refractivity contribution in [2.24, 2.45) is 11.8 Å². The molecule has 7 rings (SSSR count). The summed E-state index contributed by atoms with van der Waals surface area (Å²) in [6.45, 7) is 4.58. The van der Waals surface area contributed by atoms with Crippen LogP contribution in [0.2, 0.25) is 5.02 Å². The van der Waals surface area contributed by atoms with E-state index in [1.54, 1.807) is 0 Å². The molecule has 3 aliphatic heterocycles. The molecule has 1 aromatic heterocycles. The van der Waals surface area contributed by atoms with Crippen molar-refractivity contribution < 1.29 is 9.50 Å².